The number of hydrogen-bond acceptors (Lipinski definition) is 3. The summed E-state index contributed by atoms with van der Waals surface area (Å²) in [6, 6.07) is 7.39. The van der Waals surface area contributed by atoms with Gasteiger partial charge in [-0.1, -0.05) is 0 Å². The Bertz CT molecular complexity index is 466. The van der Waals surface area contributed by atoms with Gasteiger partial charge >= 0.3 is 0 Å². The highest BCUT2D eigenvalue weighted by atomic mass is 16.3. The summed E-state index contributed by atoms with van der Waals surface area (Å²) in [5.74, 6) is 0.228. The number of fused-ring (bicyclic) bond motifs is 1. The molecule has 14 heavy (non-hydrogen) atoms. The summed E-state index contributed by atoms with van der Waals surface area (Å²) in [6.07, 6.45) is 1.68. The van der Waals surface area contributed by atoms with Gasteiger partial charge in [-0.15, -0.1) is 0 Å². The van der Waals surface area contributed by atoms with Crippen molar-refractivity contribution >= 4 is 16.6 Å². The fourth-order valence-corrected chi connectivity index (χ4v) is 1.53. The van der Waals surface area contributed by atoms with Crippen LogP contribution in [0.5, 0.6) is 5.75 Å². The summed E-state index contributed by atoms with van der Waals surface area (Å²) < 4.78 is 0. The topological polar surface area (TPSA) is 36.4 Å². The van der Waals surface area contributed by atoms with Crippen LogP contribution in [-0.2, 0) is 0 Å². The Kier molecular flexibility index (Phi) is 2.00. The van der Waals surface area contributed by atoms with Gasteiger partial charge in [-0.25, -0.2) is 0 Å². The van der Waals surface area contributed by atoms with Crippen molar-refractivity contribution in [2.75, 3.05) is 19.0 Å². The molecule has 0 spiro atoms. The maximum atomic E-state index is 9.60. The zero-order valence-corrected chi connectivity index (χ0v) is 8.23. The van der Waals surface area contributed by atoms with E-state index in [1.165, 1.54) is 0 Å². The van der Waals surface area contributed by atoms with Gasteiger partial charge < -0.3 is 10.0 Å². The third-order valence-corrected chi connectivity index (χ3v) is 2.21. The van der Waals surface area contributed by atoms with Crippen LogP contribution in [0.4, 0.5) is 5.69 Å². The number of rotatable bonds is 1. The molecule has 0 amide bonds. The van der Waals surface area contributed by atoms with Gasteiger partial charge in [0.05, 0.1) is 0 Å². The number of pyridine rings is 1. The van der Waals surface area contributed by atoms with Gasteiger partial charge in [-0.3, -0.25) is 4.98 Å². The number of anilines is 1. The standard InChI is InChI=1S/C11H12N2O/c1-13(2)9-5-6-10(14)11-8(9)4-3-7-12-11/h3-7,14H,1-2H3. The molecule has 0 aliphatic heterocycles. The van der Waals surface area contributed by atoms with E-state index in [4.69, 9.17) is 0 Å². The van der Waals surface area contributed by atoms with Crippen molar-refractivity contribution in [3.63, 3.8) is 0 Å². The largest absolute Gasteiger partial charge is 0.506 e. The number of nitrogens with zero attached hydrogens (tertiary/aromatic N) is 2. The highest BCUT2D eigenvalue weighted by molar-refractivity contribution is 5.95. The fraction of sp³-hybridized carbons (Fsp3) is 0.182. The van der Waals surface area contributed by atoms with Crippen LogP contribution < -0.4 is 4.90 Å². The summed E-state index contributed by atoms with van der Waals surface area (Å²) in [7, 11) is 3.94. The van der Waals surface area contributed by atoms with Gasteiger partial charge in [-0.2, -0.15) is 0 Å². The first-order valence-electron chi connectivity index (χ1n) is 4.44. The predicted octanol–water partition coefficient (Wildman–Crippen LogP) is 2.01. The molecule has 0 unspecified atom stereocenters. The van der Waals surface area contributed by atoms with E-state index in [9.17, 15) is 5.11 Å². The van der Waals surface area contributed by atoms with Crippen LogP contribution in [0.15, 0.2) is 30.5 Å². The maximum Gasteiger partial charge on any atom is 0.141 e. The fourth-order valence-electron chi connectivity index (χ4n) is 1.53. The lowest BCUT2D eigenvalue weighted by Crippen LogP contribution is -2.08. The quantitative estimate of drug-likeness (QED) is 0.743. The average molecular weight is 188 g/mol. The Hall–Kier alpha value is -1.77. The second kappa shape index (κ2) is 3.18. The minimum absolute atomic E-state index is 0.228. The molecule has 2 aromatic rings. The third kappa shape index (κ3) is 1.27. The second-order valence-corrected chi connectivity index (χ2v) is 3.40. The van der Waals surface area contributed by atoms with Gasteiger partial charge in [-0.05, 0) is 24.3 Å². The van der Waals surface area contributed by atoms with Crippen LogP contribution in [0.3, 0.4) is 0 Å². The van der Waals surface area contributed by atoms with Crippen molar-refractivity contribution in [3.8, 4) is 5.75 Å². The molecule has 0 radical (unpaired) electrons. The van der Waals surface area contributed by atoms with Crippen LogP contribution >= 0.6 is 0 Å². The molecule has 2 rings (SSSR count). The van der Waals surface area contributed by atoms with E-state index in [1.54, 1.807) is 12.3 Å². The molecule has 1 heterocycles. The molecule has 0 bridgehead atoms. The Morgan fingerprint density at radius 3 is 2.71 bits per heavy atom. The molecular formula is C11H12N2O. The first-order valence-corrected chi connectivity index (χ1v) is 4.44. The van der Waals surface area contributed by atoms with Crippen molar-refractivity contribution in [2.45, 2.75) is 0 Å². The van der Waals surface area contributed by atoms with Crippen molar-refractivity contribution < 1.29 is 5.11 Å². The molecule has 0 atom stereocenters. The number of benzene rings is 1. The average Bonchev–Trinajstić information content (AvgIpc) is 2.18. The maximum absolute atomic E-state index is 9.60. The summed E-state index contributed by atoms with van der Waals surface area (Å²) in [5, 5.41) is 10.6. The highest BCUT2D eigenvalue weighted by Crippen LogP contribution is 2.29. The second-order valence-electron chi connectivity index (χ2n) is 3.40. The van der Waals surface area contributed by atoms with Crippen LogP contribution in [-0.4, -0.2) is 24.2 Å². The number of aromatic hydroxyl groups is 1. The molecule has 0 aliphatic carbocycles. The number of phenolic OH excluding ortho intramolecular Hbond substituents is 1. The van der Waals surface area contributed by atoms with Crippen molar-refractivity contribution in [3.05, 3.63) is 30.5 Å². The van der Waals surface area contributed by atoms with E-state index in [0.717, 1.165) is 11.1 Å². The third-order valence-electron chi connectivity index (χ3n) is 2.21. The van der Waals surface area contributed by atoms with E-state index < -0.39 is 0 Å². The summed E-state index contributed by atoms with van der Waals surface area (Å²) in [6.45, 7) is 0. The monoisotopic (exact) mass is 188 g/mol. The van der Waals surface area contributed by atoms with Crippen molar-refractivity contribution in [1.29, 1.82) is 0 Å². The lowest BCUT2D eigenvalue weighted by atomic mass is 10.1. The molecule has 0 fully saturated rings. The molecule has 1 aromatic heterocycles. The van der Waals surface area contributed by atoms with Gasteiger partial charge in [0.15, 0.2) is 0 Å². The van der Waals surface area contributed by atoms with Crippen molar-refractivity contribution in [1.82, 2.24) is 4.98 Å². The van der Waals surface area contributed by atoms with E-state index in [1.807, 2.05) is 37.2 Å². The molecule has 1 aromatic carbocycles. The molecule has 3 nitrogen and oxygen atoms in total. The SMILES string of the molecule is CN(C)c1ccc(O)c2ncccc12. The minimum Gasteiger partial charge on any atom is -0.506 e. The van der Waals surface area contributed by atoms with Gasteiger partial charge in [0.25, 0.3) is 0 Å². The van der Waals surface area contributed by atoms with E-state index in [2.05, 4.69) is 4.98 Å². The van der Waals surface area contributed by atoms with Crippen molar-refractivity contribution in [2.24, 2.45) is 0 Å². The van der Waals surface area contributed by atoms with Gasteiger partial charge in [0, 0.05) is 31.4 Å². The molecule has 72 valence electrons. The number of hydrogen-bond donors (Lipinski definition) is 1. The van der Waals surface area contributed by atoms with E-state index in [-0.39, 0.29) is 5.75 Å². The minimum atomic E-state index is 0.228. The lowest BCUT2D eigenvalue weighted by Gasteiger charge is -2.15. The first kappa shape index (κ1) is 8.81. The Morgan fingerprint density at radius 2 is 2.00 bits per heavy atom. The van der Waals surface area contributed by atoms with E-state index >= 15 is 0 Å². The molecule has 0 saturated carbocycles. The smallest absolute Gasteiger partial charge is 0.141 e. The Balaban J connectivity index is 2.82. The predicted molar refractivity (Wildman–Crippen MR) is 57.7 cm³/mol. The Morgan fingerprint density at radius 1 is 1.21 bits per heavy atom. The summed E-state index contributed by atoms with van der Waals surface area (Å²) in [5.41, 5.74) is 1.71. The zero-order chi connectivity index (χ0) is 10.1. The summed E-state index contributed by atoms with van der Waals surface area (Å²) in [4.78, 5) is 6.15. The molecule has 3 heteroatoms. The molecule has 0 aliphatic rings. The summed E-state index contributed by atoms with van der Waals surface area (Å²) >= 11 is 0. The van der Waals surface area contributed by atoms with Crippen LogP contribution in [0.2, 0.25) is 0 Å². The van der Waals surface area contributed by atoms with Crippen LogP contribution in [0.1, 0.15) is 0 Å². The number of phenols is 1. The van der Waals surface area contributed by atoms with Crippen LogP contribution in [0, 0.1) is 0 Å². The molecular weight excluding hydrogens is 176 g/mol. The lowest BCUT2D eigenvalue weighted by molar-refractivity contribution is 0.480. The Labute approximate surface area is 82.6 Å². The van der Waals surface area contributed by atoms with Gasteiger partial charge in [0.2, 0.25) is 0 Å². The normalized spacial score (nSPS) is 10.4. The first-order chi connectivity index (χ1) is 6.70. The zero-order valence-electron chi connectivity index (χ0n) is 8.23. The highest BCUT2D eigenvalue weighted by Gasteiger charge is 2.06. The van der Waals surface area contributed by atoms with Crippen LogP contribution in [0.25, 0.3) is 10.9 Å². The number of aromatic nitrogens is 1. The van der Waals surface area contributed by atoms with Gasteiger partial charge in [0.1, 0.15) is 11.3 Å². The van der Waals surface area contributed by atoms with E-state index in [0.29, 0.717) is 5.52 Å². The molecule has 0 saturated heterocycles. The molecule has 1 N–H and O–H groups in total.